The maximum absolute atomic E-state index is 4.27. The molecule has 1 heterocycles. The first-order chi connectivity index (χ1) is 6.74. The lowest BCUT2D eigenvalue weighted by molar-refractivity contribution is 1.22. The fourth-order valence-electron chi connectivity index (χ4n) is 1.14. The zero-order chi connectivity index (χ0) is 10.4. The highest BCUT2D eigenvalue weighted by Gasteiger charge is 2.00. The summed E-state index contributed by atoms with van der Waals surface area (Å²) >= 11 is 0. The van der Waals surface area contributed by atoms with Gasteiger partial charge in [0.25, 0.3) is 0 Å². The van der Waals surface area contributed by atoms with Gasteiger partial charge in [-0.2, -0.15) is 0 Å². The van der Waals surface area contributed by atoms with Gasteiger partial charge in [0.05, 0.1) is 11.4 Å². The molecule has 1 rings (SSSR count). The lowest BCUT2D eigenvalue weighted by Crippen LogP contribution is -2.01. The van der Waals surface area contributed by atoms with Crippen molar-refractivity contribution in [2.75, 3.05) is 7.05 Å². The molecule has 14 heavy (non-hydrogen) atoms. The van der Waals surface area contributed by atoms with Crippen LogP contribution in [0.25, 0.3) is 0 Å². The number of hydrogen-bond donors (Lipinski definition) is 0. The van der Waals surface area contributed by atoms with Gasteiger partial charge in [-0.3, -0.25) is 9.98 Å². The highest BCUT2D eigenvalue weighted by atomic mass is 14.8. The van der Waals surface area contributed by atoms with Crippen LogP contribution >= 0.6 is 0 Å². The highest BCUT2D eigenvalue weighted by Crippen LogP contribution is 2.03. The number of hydrogen-bond acceptors (Lipinski definition) is 2. The van der Waals surface area contributed by atoms with Crippen LogP contribution in [0, 0.1) is 0 Å². The van der Waals surface area contributed by atoms with Gasteiger partial charge in [0, 0.05) is 19.7 Å². The van der Waals surface area contributed by atoms with Crippen molar-refractivity contribution in [3.05, 3.63) is 41.7 Å². The summed E-state index contributed by atoms with van der Waals surface area (Å²) in [4.78, 5) is 8.51. The van der Waals surface area contributed by atoms with Crippen molar-refractivity contribution in [1.29, 1.82) is 0 Å². The minimum absolute atomic E-state index is 0.857. The molecular formula is C12H16N2. The Hall–Kier alpha value is -1.44. The number of rotatable bonds is 3. The third-order valence-corrected chi connectivity index (χ3v) is 1.93. The van der Waals surface area contributed by atoms with E-state index in [2.05, 4.69) is 29.9 Å². The van der Waals surface area contributed by atoms with Gasteiger partial charge in [0.15, 0.2) is 0 Å². The van der Waals surface area contributed by atoms with E-state index in [1.807, 2.05) is 25.2 Å². The first kappa shape index (κ1) is 10.6. The largest absolute Gasteiger partial charge is 0.291 e. The topological polar surface area (TPSA) is 25.2 Å². The molecule has 1 aromatic heterocycles. The van der Waals surface area contributed by atoms with Crippen molar-refractivity contribution in [1.82, 2.24) is 4.98 Å². The van der Waals surface area contributed by atoms with E-state index < -0.39 is 0 Å². The van der Waals surface area contributed by atoms with E-state index in [0.717, 1.165) is 17.8 Å². The molecule has 0 atom stereocenters. The van der Waals surface area contributed by atoms with Crippen molar-refractivity contribution in [2.24, 2.45) is 4.99 Å². The molecule has 0 aliphatic carbocycles. The van der Waals surface area contributed by atoms with Crippen molar-refractivity contribution in [2.45, 2.75) is 20.3 Å². The number of pyridine rings is 1. The molecular weight excluding hydrogens is 172 g/mol. The summed E-state index contributed by atoms with van der Waals surface area (Å²) < 4.78 is 0. The summed E-state index contributed by atoms with van der Waals surface area (Å²) in [6.07, 6.45) is 4.82. The summed E-state index contributed by atoms with van der Waals surface area (Å²) in [5.74, 6) is 0. The van der Waals surface area contributed by atoms with Crippen LogP contribution in [-0.4, -0.2) is 17.7 Å². The van der Waals surface area contributed by atoms with Crippen molar-refractivity contribution in [3.8, 4) is 0 Å². The Morgan fingerprint density at radius 1 is 1.43 bits per heavy atom. The molecule has 0 aromatic carbocycles. The lowest BCUT2D eigenvalue weighted by Gasteiger charge is -2.01. The second-order valence-corrected chi connectivity index (χ2v) is 3.37. The fraction of sp³-hybridized carbons (Fsp3) is 0.333. The Kier molecular flexibility index (Phi) is 4.05. The molecule has 0 saturated carbocycles. The minimum atomic E-state index is 0.857. The number of aliphatic imine (C=N–C) groups is 1. The van der Waals surface area contributed by atoms with Crippen LogP contribution in [-0.2, 0) is 0 Å². The third kappa shape index (κ3) is 3.13. The standard InChI is InChI=1S/C12H16N2/c1-10(2)7-8-11(13-3)12-6-4-5-9-14-12/h4-7,9H,8H2,1-3H3. The van der Waals surface area contributed by atoms with Crippen LogP contribution in [0.1, 0.15) is 26.0 Å². The van der Waals surface area contributed by atoms with Gasteiger partial charge in [-0.25, -0.2) is 0 Å². The number of nitrogens with zero attached hydrogens (tertiary/aromatic N) is 2. The maximum atomic E-state index is 4.27. The van der Waals surface area contributed by atoms with Gasteiger partial charge in [-0.1, -0.05) is 17.7 Å². The molecule has 74 valence electrons. The van der Waals surface area contributed by atoms with Crippen molar-refractivity contribution >= 4 is 5.71 Å². The fourth-order valence-corrected chi connectivity index (χ4v) is 1.14. The zero-order valence-electron chi connectivity index (χ0n) is 8.99. The summed E-state index contributed by atoms with van der Waals surface area (Å²) in [6, 6.07) is 5.88. The van der Waals surface area contributed by atoms with Gasteiger partial charge in [0.2, 0.25) is 0 Å². The van der Waals surface area contributed by atoms with Gasteiger partial charge in [-0.15, -0.1) is 0 Å². The summed E-state index contributed by atoms with van der Waals surface area (Å²) in [5.41, 5.74) is 3.31. The first-order valence-corrected chi connectivity index (χ1v) is 4.74. The molecule has 2 heteroatoms. The second kappa shape index (κ2) is 5.32. The molecule has 1 aromatic rings. The molecule has 0 spiro atoms. The van der Waals surface area contributed by atoms with Crippen LogP contribution in [0.5, 0.6) is 0 Å². The van der Waals surface area contributed by atoms with E-state index >= 15 is 0 Å². The Labute approximate surface area is 85.4 Å². The molecule has 0 fully saturated rings. The number of aromatic nitrogens is 1. The smallest absolute Gasteiger partial charge is 0.0842 e. The van der Waals surface area contributed by atoms with Crippen LogP contribution in [0.4, 0.5) is 0 Å². The van der Waals surface area contributed by atoms with Gasteiger partial charge < -0.3 is 0 Å². The van der Waals surface area contributed by atoms with Crippen LogP contribution in [0.2, 0.25) is 0 Å². The van der Waals surface area contributed by atoms with Gasteiger partial charge >= 0.3 is 0 Å². The molecule has 2 nitrogen and oxygen atoms in total. The molecule has 0 amide bonds. The predicted molar refractivity (Wildman–Crippen MR) is 60.7 cm³/mol. The highest BCUT2D eigenvalue weighted by molar-refractivity contribution is 5.99. The molecule has 0 saturated heterocycles. The van der Waals surface area contributed by atoms with E-state index in [0.29, 0.717) is 0 Å². The third-order valence-electron chi connectivity index (χ3n) is 1.93. The predicted octanol–water partition coefficient (Wildman–Crippen LogP) is 2.86. The quantitative estimate of drug-likeness (QED) is 0.529. The Bertz CT molecular complexity index is 333. The monoisotopic (exact) mass is 188 g/mol. The Morgan fingerprint density at radius 3 is 2.71 bits per heavy atom. The normalized spacial score (nSPS) is 11.2. The molecule has 0 bridgehead atoms. The SMILES string of the molecule is CN=C(CC=C(C)C)c1ccccn1. The van der Waals surface area contributed by atoms with E-state index in [1.54, 1.807) is 6.20 Å². The summed E-state index contributed by atoms with van der Waals surface area (Å²) in [6.45, 7) is 4.18. The first-order valence-electron chi connectivity index (χ1n) is 4.74. The van der Waals surface area contributed by atoms with E-state index in [1.165, 1.54) is 5.57 Å². The Balaban J connectivity index is 2.80. The maximum Gasteiger partial charge on any atom is 0.0842 e. The number of allylic oxidation sites excluding steroid dienone is 2. The van der Waals surface area contributed by atoms with Crippen LogP contribution in [0.3, 0.4) is 0 Å². The summed E-state index contributed by atoms with van der Waals surface area (Å²) in [5, 5.41) is 0. The average molecular weight is 188 g/mol. The minimum Gasteiger partial charge on any atom is -0.291 e. The van der Waals surface area contributed by atoms with Crippen LogP contribution in [0.15, 0.2) is 41.0 Å². The van der Waals surface area contributed by atoms with E-state index in [-0.39, 0.29) is 0 Å². The van der Waals surface area contributed by atoms with E-state index in [9.17, 15) is 0 Å². The van der Waals surface area contributed by atoms with Crippen molar-refractivity contribution in [3.63, 3.8) is 0 Å². The van der Waals surface area contributed by atoms with Crippen molar-refractivity contribution < 1.29 is 0 Å². The molecule has 0 aliphatic rings. The molecule has 0 aliphatic heterocycles. The lowest BCUT2D eigenvalue weighted by atomic mass is 10.1. The Morgan fingerprint density at radius 2 is 2.21 bits per heavy atom. The second-order valence-electron chi connectivity index (χ2n) is 3.37. The summed E-state index contributed by atoms with van der Waals surface area (Å²) in [7, 11) is 1.81. The average Bonchev–Trinajstić information content (AvgIpc) is 2.20. The van der Waals surface area contributed by atoms with Gasteiger partial charge in [-0.05, 0) is 26.0 Å². The van der Waals surface area contributed by atoms with E-state index in [4.69, 9.17) is 0 Å². The molecule has 0 unspecified atom stereocenters. The molecule has 0 radical (unpaired) electrons. The zero-order valence-corrected chi connectivity index (χ0v) is 8.99. The van der Waals surface area contributed by atoms with Gasteiger partial charge in [0.1, 0.15) is 0 Å². The van der Waals surface area contributed by atoms with Crippen LogP contribution < -0.4 is 0 Å². The molecule has 0 N–H and O–H groups in total.